The Hall–Kier alpha value is -1.69. The summed E-state index contributed by atoms with van der Waals surface area (Å²) in [5.74, 6) is -1.20. The second kappa shape index (κ2) is 7.25. The van der Waals surface area contributed by atoms with E-state index in [9.17, 15) is 13.6 Å². The fraction of sp³-hybridized carbons (Fsp3) is 0.588. The van der Waals surface area contributed by atoms with Gasteiger partial charge in [-0.1, -0.05) is 6.07 Å². The predicted octanol–water partition coefficient (Wildman–Crippen LogP) is 3.92. The van der Waals surface area contributed by atoms with Gasteiger partial charge in [-0.05, 0) is 47.6 Å². The summed E-state index contributed by atoms with van der Waals surface area (Å²) in [6.45, 7) is 11.2. The quantitative estimate of drug-likeness (QED) is 0.861. The standard InChI is InChI=1S/C17H26F2N2O2/c1-11(13-8-7-12(18)9-14(13)19)20-10-17(5,6)21-15(22)23-16(2,3)4/h7-9,11,20H,10H2,1-6H3,(H,21,22). The van der Waals surface area contributed by atoms with Gasteiger partial charge in [-0.2, -0.15) is 0 Å². The Bertz CT molecular complexity index is 554. The molecule has 1 aromatic carbocycles. The number of hydrogen-bond acceptors (Lipinski definition) is 3. The highest BCUT2D eigenvalue weighted by molar-refractivity contribution is 5.68. The molecule has 0 heterocycles. The smallest absolute Gasteiger partial charge is 0.408 e. The van der Waals surface area contributed by atoms with Gasteiger partial charge in [0.2, 0.25) is 0 Å². The monoisotopic (exact) mass is 328 g/mol. The first-order valence-corrected chi connectivity index (χ1v) is 7.59. The highest BCUT2D eigenvalue weighted by Gasteiger charge is 2.25. The molecule has 0 aromatic heterocycles. The molecule has 4 nitrogen and oxygen atoms in total. The number of halogens is 2. The van der Waals surface area contributed by atoms with Gasteiger partial charge in [0.25, 0.3) is 0 Å². The molecule has 23 heavy (non-hydrogen) atoms. The Balaban J connectivity index is 2.59. The molecule has 1 rings (SSSR count). The summed E-state index contributed by atoms with van der Waals surface area (Å²) in [6, 6.07) is 3.17. The maximum absolute atomic E-state index is 13.7. The van der Waals surface area contributed by atoms with E-state index in [1.807, 2.05) is 13.8 Å². The van der Waals surface area contributed by atoms with E-state index in [1.165, 1.54) is 12.1 Å². The van der Waals surface area contributed by atoms with E-state index in [4.69, 9.17) is 4.74 Å². The largest absolute Gasteiger partial charge is 0.444 e. The number of carbonyl (C=O) groups excluding carboxylic acids is 1. The topological polar surface area (TPSA) is 50.4 Å². The van der Waals surface area contributed by atoms with Crippen LogP contribution in [0.2, 0.25) is 0 Å². The number of alkyl carbamates (subject to hydrolysis) is 1. The van der Waals surface area contributed by atoms with Crippen molar-refractivity contribution in [3.05, 3.63) is 35.4 Å². The fourth-order valence-corrected chi connectivity index (χ4v) is 1.99. The Morgan fingerprint density at radius 3 is 2.35 bits per heavy atom. The van der Waals surface area contributed by atoms with E-state index >= 15 is 0 Å². The summed E-state index contributed by atoms with van der Waals surface area (Å²) < 4.78 is 31.9. The lowest BCUT2D eigenvalue weighted by Gasteiger charge is -2.30. The number of ether oxygens (including phenoxy) is 1. The van der Waals surface area contributed by atoms with Gasteiger partial charge in [-0.25, -0.2) is 13.6 Å². The maximum Gasteiger partial charge on any atom is 0.408 e. The van der Waals surface area contributed by atoms with Crippen molar-refractivity contribution in [2.75, 3.05) is 6.54 Å². The molecule has 0 bridgehead atoms. The molecule has 1 unspecified atom stereocenters. The SMILES string of the molecule is CC(NCC(C)(C)NC(=O)OC(C)(C)C)c1ccc(F)cc1F. The fourth-order valence-electron chi connectivity index (χ4n) is 1.99. The Morgan fingerprint density at radius 1 is 1.22 bits per heavy atom. The van der Waals surface area contributed by atoms with Crippen LogP contribution in [-0.4, -0.2) is 23.8 Å². The number of carbonyl (C=O) groups is 1. The summed E-state index contributed by atoms with van der Waals surface area (Å²) in [5, 5.41) is 5.90. The molecule has 0 spiro atoms. The highest BCUT2D eigenvalue weighted by atomic mass is 19.1. The molecule has 0 fully saturated rings. The van der Waals surface area contributed by atoms with Crippen LogP contribution in [-0.2, 0) is 4.74 Å². The van der Waals surface area contributed by atoms with Gasteiger partial charge in [0, 0.05) is 24.2 Å². The molecule has 0 radical (unpaired) electrons. The van der Waals surface area contributed by atoms with Gasteiger partial charge in [-0.15, -0.1) is 0 Å². The molecule has 0 saturated heterocycles. The molecule has 130 valence electrons. The van der Waals surface area contributed by atoms with E-state index in [0.29, 0.717) is 12.1 Å². The van der Waals surface area contributed by atoms with Crippen LogP contribution in [0, 0.1) is 11.6 Å². The molecular weight excluding hydrogens is 302 g/mol. The Kier molecular flexibility index (Phi) is 6.11. The molecule has 0 aliphatic rings. The summed E-state index contributed by atoms with van der Waals surface area (Å²) in [7, 11) is 0. The second-order valence-electron chi connectivity index (χ2n) is 7.28. The molecule has 0 aliphatic heterocycles. The van der Waals surface area contributed by atoms with Gasteiger partial charge >= 0.3 is 6.09 Å². The molecule has 2 N–H and O–H groups in total. The molecule has 6 heteroatoms. The average Bonchev–Trinajstić information content (AvgIpc) is 2.32. The zero-order chi connectivity index (χ0) is 17.8. The molecule has 1 atom stereocenters. The van der Waals surface area contributed by atoms with Crippen molar-refractivity contribution in [3.63, 3.8) is 0 Å². The first kappa shape index (κ1) is 19.4. The van der Waals surface area contributed by atoms with Gasteiger partial charge in [-0.3, -0.25) is 0 Å². The lowest BCUT2D eigenvalue weighted by atomic mass is 10.0. The Morgan fingerprint density at radius 2 is 1.83 bits per heavy atom. The van der Waals surface area contributed by atoms with Gasteiger partial charge in [0.05, 0.1) is 5.54 Å². The molecular formula is C17H26F2N2O2. The third-order valence-electron chi connectivity index (χ3n) is 3.12. The molecule has 1 aromatic rings. The highest BCUT2D eigenvalue weighted by Crippen LogP contribution is 2.18. The van der Waals surface area contributed by atoms with E-state index < -0.39 is 28.9 Å². The van der Waals surface area contributed by atoms with Crippen LogP contribution < -0.4 is 10.6 Å². The average molecular weight is 328 g/mol. The minimum atomic E-state index is -0.606. The minimum absolute atomic E-state index is 0.324. The van der Waals surface area contributed by atoms with Crippen LogP contribution in [0.4, 0.5) is 13.6 Å². The molecule has 0 aliphatic carbocycles. The van der Waals surface area contributed by atoms with E-state index in [2.05, 4.69) is 10.6 Å². The summed E-state index contributed by atoms with van der Waals surface area (Å²) >= 11 is 0. The normalized spacial score (nSPS) is 13.6. The lowest BCUT2D eigenvalue weighted by molar-refractivity contribution is 0.0471. The molecule has 1 amide bonds. The minimum Gasteiger partial charge on any atom is -0.444 e. The van der Waals surface area contributed by atoms with Crippen molar-refractivity contribution in [1.82, 2.24) is 10.6 Å². The zero-order valence-electron chi connectivity index (χ0n) is 14.6. The van der Waals surface area contributed by atoms with Gasteiger partial charge in [0.1, 0.15) is 17.2 Å². The number of rotatable bonds is 5. The van der Waals surface area contributed by atoms with Crippen LogP contribution in [0.25, 0.3) is 0 Å². The third-order valence-corrected chi connectivity index (χ3v) is 3.12. The molecule has 0 saturated carbocycles. The van der Waals surface area contributed by atoms with Crippen LogP contribution >= 0.6 is 0 Å². The van der Waals surface area contributed by atoms with Gasteiger partial charge in [0.15, 0.2) is 0 Å². The van der Waals surface area contributed by atoms with Crippen molar-refractivity contribution < 1.29 is 18.3 Å². The van der Waals surface area contributed by atoms with E-state index in [1.54, 1.807) is 27.7 Å². The first-order valence-electron chi connectivity index (χ1n) is 7.59. The zero-order valence-corrected chi connectivity index (χ0v) is 14.6. The third kappa shape index (κ3) is 6.95. The number of hydrogen-bond donors (Lipinski definition) is 2. The summed E-state index contributed by atoms with van der Waals surface area (Å²) in [6.07, 6.45) is -0.509. The van der Waals surface area contributed by atoms with Crippen LogP contribution in [0.3, 0.4) is 0 Å². The summed E-state index contributed by atoms with van der Waals surface area (Å²) in [5.41, 5.74) is -0.787. The maximum atomic E-state index is 13.7. The summed E-state index contributed by atoms with van der Waals surface area (Å²) in [4.78, 5) is 11.8. The van der Waals surface area contributed by atoms with Gasteiger partial charge < -0.3 is 15.4 Å². The lowest BCUT2D eigenvalue weighted by Crippen LogP contribution is -2.52. The van der Waals surface area contributed by atoms with Crippen molar-refractivity contribution in [2.45, 2.75) is 58.7 Å². The van der Waals surface area contributed by atoms with Crippen LogP contribution in [0.5, 0.6) is 0 Å². The Labute approximate surface area is 136 Å². The van der Waals surface area contributed by atoms with Crippen molar-refractivity contribution in [2.24, 2.45) is 0 Å². The van der Waals surface area contributed by atoms with E-state index in [-0.39, 0.29) is 6.04 Å². The van der Waals surface area contributed by atoms with E-state index in [0.717, 1.165) is 6.07 Å². The van der Waals surface area contributed by atoms with Crippen LogP contribution in [0.15, 0.2) is 18.2 Å². The van der Waals surface area contributed by atoms with Crippen molar-refractivity contribution in [3.8, 4) is 0 Å². The number of nitrogens with one attached hydrogen (secondary N) is 2. The first-order chi connectivity index (χ1) is 10.4. The number of benzene rings is 1. The number of amides is 1. The van der Waals surface area contributed by atoms with Crippen LogP contribution in [0.1, 0.15) is 53.1 Å². The predicted molar refractivity (Wildman–Crippen MR) is 86.2 cm³/mol. The van der Waals surface area contributed by atoms with Crippen molar-refractivity contribution in [1.29, 1.82) is 0 Å². The second-order valence-corrected chi connectivity index (χ2v) is 7.28. The van der Waals surface area contributed by atoms with Crippen molar-refractivity contribution >= 4 is 6.09 Å².